The second kappa shape index (κ2) is 14.9. The summed E-state index contributed by atoms with van der Waals surface area (Å²) in [5.74, 6) is -1.14. The lowest BCUT2D eigenvalue weighted by Gasteiger charge is -2.28. The summed E-state index contributed by atoms with van der Waals surface area (Å²) in [6.45, 7) is 2.35. The van der Waals surface area contributed by atoms with Crippen LogP contribution < -0.4 is 15.0 Å². The van der Waals surface area contributed by atoms with Gasteiger partial charge >= 0.3 is 0 Å². The van der Waals surface area contributed by atoms with Gasteiger partial charge in [-0.05, 0) is 53.6 Å². The molecule has 0 bridgehead atoms. The molecule has 9 heteroatoms. The van der Waals surface area contributed by atoms with Crippen LogP contribution in [0.3, 0.4) is 0 Å². The highest BCUT2D eigenvalue weighted by Gasteiger charge is 2.52. The van der Waals surface area contributed by atoms with Gasteiger partial charge in [-0.15, -0.1) is 0 Å². The van der Waals surface area contributed by atoms with Crippen LogP contribution in [0.25, 0.3) is 0 Å². The summed E-state index contributed by atoms with van der Waals surface area (Å²) in [7, 11) is 1.55. The van der Waals surface area contributed by atoms with E-state index < -0.39 is 17.4 Å². The number of amides is 3. The van der Waals surface area contributed by atoms with E-state index in [1.54, 1.807) is 78.4 Å². The lowest BCUT2D eigenvalue weighted by atomic mass is 9.82. The Morgan fingerprint density at radius 3 is 2.26 bits per heavy atom. The first kappa shape index (κ1) is 33.1. The van der Waals surface area contributed by atoms with Crippen molar-refractivity contribution >= 4 is 29.1 Å². The molecule has 4 aromatic rings. The van der Waals surface area contributed by atoms with E-state index in [0.29, 0.717) is 34.8 Å². The monoisotopic (exact) mass is 633 g/mol. The third-order valence-electron chi connectivity index (χ3n) is 8.38. The minimum atomic E-state index is -1.96. The summed E-state index contributed by atoms with van der Waals surface area (Å²) >= 11 is 0. The molecule has 0 spiro atoms. The van der Waals surface area contributed by atoms with Gasteiger partial charge in [-0.25, -0.2) is 0 Å². The number of aliphatic hydroxyl groups is 2. The fourth-order valence-electron chi connectivity index (χ4n) is 5.75. The molecule has 0 aliphatic carbocycles. The molecule has 1 aliphatic heterocycles. The van der Waals surface area contributed by atoms with Gasteiger partial charge < -0.3 is 30.1 Å². The van der Waals surface area contributed by atoms with E-state index in [4.69, 9.17) is 4.74 Å². The Morgan fingerprint density at radius 2 is 1.62 bits per heavy atom. The summed E-state index contributed by atoms with van der Waals surface area (Å²) in [4.78, 5) is 43.4. The van der Waals surface area contributed by atoms with Gasteiger partial charge in [0, 0.05) is 42.2 Å². The molecule has 1 heterocycles. The molecule has 0 saturated carbocycles. The second-order valence-electron chi connectivity index (χ2n) is 11.5. The van der Waals surface area contributed by atoms with Gasteiger partial charge in [-0.1, -0.05) is 79.7 Å². The third-order valence-corrected chi connectivity index (χ3v) is 8.38. The van der Waals surface area contributed by atoms with Gasteiger partial charge in [0.15, 0.2) is 5.60 Å². The van der Waals surface area contributed by atoms with Crippen LogP contribution in [0.4, 0.5) is 11.4 Å². The largest absolute Gasteiger partial charge is 0.497 e. The molecular formula is C38H39N3O6. The van der Waals surface area contributed by atoms with Crippen molar-refractivity contribution in [1.82, 2.24) is 4.90 Å². The molecule has 47 heavy (non-hydrogen) atoms. The number of methoxy groups -OCH3 is 1. The van der Waals surface area contributed by atoms with E-state index >= 15 is 0 Å². The molecule has 3 N–H and O–H groups in total. The number of aliphatic hydroxyl groups excluding tert-OH is 1. The highest BCUT2D eigenvalue weighted by Crippen LogP contribution is 2.47. The minimum Gasteiger partial charge on any atom is -0.497 e. The molecule has 242 valence electrons. The van der Waals surface area contributed by atoms with E-state index in [1.165, 1.54) is 0 Å². The predicted molar refractivity (Wildman–Crippen MR) is 181 cm³/mol. The van der Waals surface area contributed by atoms with Crippen LogP contribution in [0.5, 0.6) is 5.75 Å². The number of nitrogens with one attached hydrogen (secondary N) is 1. The SMILES string of the molecule is COc1ccc(C(=O)Nc2ccc3c(c2)[C@](O)([C@@H](C)/C=C/CC(=O)N(CCO)Cc2ccccc2)C(=O)N3Cc2ccccc2)cc1. The number of hydrogen-bond acceptors (Lipinski definition) is 6. The molecule has 3 amide bonds. The van der Waals surface area contributed by atoms with Crippen LogP contribution in [0.2, 0.25) is 0 Å². The fourth-order valence-corrected chi connectivity index (χ4v) is 5.75. The topological polar surface area (TPSA) is 119 Å². The number of rotatable bonds is 13. The van der Waals surface area contributed by atoms with E-state index in [1.807, 2.05) is 60.7 Å². The van der Waals surface area contributed by atoms with Crippen molar-refractivity contribution in [3.8, 4) is 5.75 Å². The van der Waals surface area contributed by atoms with Crippen molar-refractivity contribution in [3.05, 3.63) is 138 Å². The molecule has 4 aromatic carbocycles. The van der Waals surface area contributed by atoms with Crippen molar-refractivity contribution in [2.24, 2.45) is 5.92 Å². The number of nitrogens with zero attached hydrogens (tertiary/aromatic N) is 2. The molecule has 0 aromatic heterocycles. The Bertz CT molecular complexity index is 1730. The molecule has 1 aliphatic rings. The quantitative estimate of drug-likeness (QED) is 0.172. The first-order valence-electron chi connectivity index (χ1n) is 15.5. The van der Waals surface area contributed by atoms with E-state index in [-0.39, 0.29) is 37.9 Å². The molecule has 5 rings (SSSR count). The average molecular weight is 634 g/mol. The summed E-state index contributed by atoms with van der Waals surface area (Å²) in [5, 5.41) is 24.6. The second-order valence-corrected chi connectivity index (χ2v) is 11.5. The van der Waals surface area contributed by atoms with Gasteiger partial charge in [0.2, 0.25) is 5.91 Å². The summed E-state index contributed by atoms with van der Waals surface area (Å²) in [6.07, 6.45) is 3.36. The van der Waals surface area contributed by atoms with Gasteiger partial charge in [0.05, 0.1) is 25.9 Å². The molecule has 0 saturated heterocycles. The number of fused-ring (bicyclic) bond motifs is 1. The van der Waals surface area contributed by atoms with Crippen LogP contribution in [0, 0.1) is 5.92 Å². The zero-order valence-electron chi connectivity index (χ0n) is 26.5. The van der Waals surface area contributed by atoms with Gasteiger partial charge in [0.1, 0.15) is 5.75 Å². The normalized spacial score (nSPS) is 16.2. The van der Waals surface area contributed by atoms with Crippen LogP contribution in [0.1, 0.15) is 40.4 Å². The summed E-state index contributed by atoms with van der Waals surface area (Å²) in [5.41, 5.74) is 1.62. The molecule has 0 unspecified atom stereocenters. The Balaban J connectivity index is 1.39. The van der Waals surface area contributed by atoms with Crippen LogP contribution in [-0.4, -0.2) is 53.1 Å². The van der Waals surface area contributed by atoms with E-state index in [0.717, 1.165) is 11.1 Å². The van der Waals surface area contributed by atoms with Crippen molar-refractivity contribution in [1.29, 1.82) is 0 Å². The smallest absolute Gasteiger partial charge is 0.264 e. The van der Waals surface area contributed by atoms with Crippen molar-refractivity contribution < 1.29 is 29.3 Å². The number of carbonyl (C=O) groups excluding carboxylic acids is 3. The predicted octanol–water partition coefficient (Wildman–Crippen LogP) is 5.29. The zero-order valence-corrected chi connectivity index (χ0v) is 26.5. The van der Waals surface area contributed by atoms with Gasteiger partial charge in [0.25, 0.3) is 11.8 Å². The Hall–Kier alpha value is -5.25. The van der Waals surface area contributed by atoms with Gasteiger partial charge in [-0.3, -0.25) is 14.4 Å². The van der Waals surface area contributed by atoms with E-state index in [2.05, 4.69) is 5.32 Å². The standard InChI is InChI=1S/C38H39N3O6/c1-27(10-9-15-35(43)40(22-23-42)25-28-11-5-3-6-12-28)38(46)33-24-31(39-36(44)30-16-19-32(47-2)20-17-30)18-21-34(33)41(37(38)45)26-29-13-7-4-8-14-29/h3-14,16-21,24,27,42,46H,15,22-23,25-26H2,1-2H3,(H,39,44)/b10-9+/t27-,38+/m0/s1. The van der Waals surface area contributed by atoms with Gasteiger partial charge in [-0.2, -0.15) is 0 Å². The maximum absolute atomic E-state index is 14.1. The Kier molecular flexibility index (Phi) is 10.5. The lowest BCUT2D eigenvalue weighted by Crippen LogP contribution is -2.44. The number of anilines is 2. The van der Waals surface area contributed by atoms with Crippen molar-refractivity contribution in [2.75, 3.05) is 30.5 Å². The number of ether oxygens (including phenoxy) is 1. The van der Waals surface area contributed by atoms with Crippen molar-refractivity contribution in [2.45, 2.75) is 32.0 Å². The Labute approximate surface area is 274 Å². The molecule has 0 fully saturated rings. The van der Waals surface area contributed by atoms with Crippen molar-refractivity contribution in [3.63, 3.8) is 0 Å². The average Bonchev–Trinajstić information content (AvgIpc) is 3.31. The third kappa shape index (κ3) is 7.43. The maximum Gasteiger partial charge on any atom is 0.264 e. The molecular weight excluding hydrogens is 594 g/mol. The Morgan fingerprint density at radius 1 is 0.957 bits per heavy atom. The first-order chi connectivity index (χ1) is 22.7. The molecule has 2 atom stereocenters. The fraction of sp³-hybridized carbons (Fsp3) is 0.237. The number of benzene rings is 4. The number of carbonyl (C=O) groups is 3. The summed E-state index contributed by atoms with van der Waals surface area (Å²) in [6, 6.07) is 30.8. The molecule has 0 radical (unpaired) electrons. The highest BCUT2D eigenvalue weighted by molar-refractivity contribution is 6.09. The first-order valence-corrected chi connectivity index (χ1v) is 15.5. The minimum absolute atomic E-state index is 0.0278. The lowest BCUT2D eigenvalue weighted by molar-refractivity contribution is -0.139. The van der Waals surface area contributed by atoms with E-state index in [9.17, 15) is 24.6 Å². The maximum atomic E-state index is 14.1. The van der Waals surface area contributed by atoms with Crippen LogP contribution >= 0.6 is 0 Å². The highest BCUT2D eigenvalue weighted by atomic mass is 16.5. The zero-order chi connectivity index (χ0) is 33.4. The van der Waals surface area contributed by atoms with Crippen LogP contribution in [0.15, 0.2) is 115 Å². The number of hydrogen-bond donors (Lipinski definition) is 3. The van der Waals surface area contributed by atoms with Crippen LogP contribution in [-0.2, 0) is 28.3 Å². The molecule has 9 nitrogen and oxygen atoms in total. The summed E-state index contributed by atoms with van der Waals surface area (Å²) < 4.78 is 5.18.